The summed E-state index contributed by atoms with van der Waals surface area (Å²) in [4.78, 5) is 13.6. The van der Waals surface area contributed by atoms with E-state index in [1.807, 2.05) is 19.9 Å². The normalized spacial score (nSPS) is 10.2. The lowest BCUT2D eigenvalue weighted by molar-refractivity contribution is 0.0705. The maximum Gasteiger partial charge on any atom is 0.257 e. The van der Waals surface area contributed by atoms with Crippen LogP contribution in [0.4, 0.5) is 10.1 Å². The molecular formula is C13H16FN3O. The SMILES string of the molecule is CC(C)N(CCC#N)C(=O)c1ccc(N)cc1F. The number of hydrogen-bond donors (Lipinski definition) is 1. The zero-order valence-electron chi connectivity index (χ0n) is 10.5. The summed E-state index contributed by atoms with van der Waals surface area (Å²) in [5, 5.41) is 8.56. The molecule has 0 saturated heterocycles. The zero-order chi connectivity index (χ0) is 13.7. The first kappa shape index (κ1) is 14.0. The summed E-state index contributed by atoms with van der Waals surface area (Å²) in [5.41, 5.74) is 5.69. The first-order valence-electron chi connectivity index (χ1n) is 5.70. The van der Waals surface area contributed by atoms with Gasteiger partial charge in [0, 0.05) is 18.3 Å². The van der Waals surface area contributed by atoms with Crippen molar-refractivity contribution in [1.82, 2.24) is 4.90 Å². The molecule has 0 heterocycles. The van der Waals surface area contributed by atoms with Gasteiger partial charge < -0.3 is 10.6 Å². The Kier molecular flexibility index (Phi) is 4.67. The van der Waals surface area contributed by atoms with E-state index in [1.54, 1.807) is 0 Å². The second kappa shape index (κ2) is 6.01. The zero-order valence-corrected chi connectivity index (χ0v) is 10.5. The number of carbonyl (C=O) groups is 1. The predicted molar refractivity (Wildman–Crippen MR) is 67.2 cm³/mol. The van der Waals surface area contributed by atoms with Gasteiger partial charge in [0.05, 0.1) is 18.1 Å². The first-order valence-corrected chi connectivity index (χ1v) is 5.70. The van der Waals surface area contributed by atoms with Crippen molar-refractivity contribution >= 4 is 11.6 Å². The summed E-state index contributed by atoms with van der Waals surface area (Å²) >= 11 is 0. The number of anilines is 1. The molecule has 0 saturated carbocycles. The van der Waals surface area contributed by atoms with Crippen LogP contribution in [0.3, 0.4) is 0 Å². The second-order valence-corrected chi connectivity index (χ2v) is 4.24. The summed E-state index contributed by atoms with van der Waals surface area (Å²) in [6.07, 6.45) is 0.223. The maximum atomic E-state index is 13.7. The van der Waals surface area contributed by atoms with Crippen molar-refractivity contribution in [2.75, 3.05) is 12.3 Å². The average Bonchev–Trinajstić information content (AvgIpc) is 2.28. The van der Waals surface area contributed by atoms with Gasteiger partial charge in [0.2, 0.25) is 0 Å². The quantitative estimate of drug-likeness (QED) is 0.831. The molecule has 0 aliphatic rings. The number of nitriles is 1. The summed E-state index contributed by atoms with van der Waals surface area (Å²) in [6, 6.07) is 5.86. The molecular weight excluding hydrogens is 233 g/mol. The Balaban J connectivity index is 2.99. The number of nitrogens with zero attached hydrogens (tertiary/aromatic N) is 2. The molecule has 0 atom stereocenters. The van der Waals surface area contributed by atoms with E-state index in [9.17, 15) is 9.18 Å². The van der Waals surface area contributed by atoms with Gasteiger partial charge in [0.15, 0.2) is 0 Å². The molecule has 1 aromatic carbocycles. The summed E-state index contributed by atoms with van der Waals surface area (Å²) in [7, 11) is 0. The molecule has 0 aliphatic heterocycles. The average molecular weight is 249 g/mol. The lowest BCUT2D eigenvalue weighted by Crippen LogP contribution is -2.38. The third-order valence-electron chi connectivity index (χ3n) is 2.57. The molecule has 0 unspecified atom stereocenters. The van der Waals surface area contributed by atoms with Crippen LogP contribution in [-0.2, 0) is 0 Å². The Bertz CT molecular complexity index is 480. The fourth-order valence-electron chi connectivity index (χ4n) is 1.62. The van der Waals surface area contributed by atoms with Gasteiger partial charge in [-0.15, -0.1) is 0 Å². The molecule has 0 fully saturated rings. The van der Waals surface area contributed by atoms with Crippen LogP contribution < -0.4 is 5.73 Å². The number of benzene rings is 1. The number of rotatable bonds is 4. The van der Waals surface area contributed by atoms with Gasteiger partial charge in [0.1, 0.15) is 5.82 Å². The molecule has 1 rings (SSSR count). The number of carbonyl (C=O) groups excluding carboxylic acids is 1. The van der Waals surface area contributed by atoms with Crippen molar-refractivity contribution in [2.24, 2.45) is 0 Å². The van der Waals surface area contributed by atoms with Crippen LogP contribution in [0.25, 0.3) is 0 Å². The molecule has 1 aromatic rings. The molecule has 2 N–H and O–H groups in total. The Morgan fingerprint density at radius 2 is 2.22 bits per heavy atom. The van der Waals surface area contributed by atoms with Gasteiger partial charge >= 0.3 is 0 Å². The van der Waals surface area contributed by atoms with E-state index in [1.165, 1.54) is 17.0 Å². The van der Waals surface area contributed by atoms with Crippen LogP contribution in [0.1, 0.15) is 30.6 Å². The lowest BCUT2D eigenvalue weighted by Gasteiger charge is -2.26. The topological polar surface area (TPSA) is 70.1 Å². The molecule has 1 amide bonds. The Morgan fingerprint density at radius 3 is 2.72 bits per heavy atom. The van der Waals surface area contributed by atoms with Crippen molar-refractivity contribution in [3.8, 4) is 6.07 Å². The van der Waals surface area contributed by atoms with Crippen molar-refractivity contribution in [1.29, 1.82) is 5.26 Å². The summed E-state index contributed by atoms with van der Waals surface area (Å²) in [5.74, 6) is -1.06. The van der Waals surface area contributed by atoms with Crippen molar-refractivity contribution in [2.45, 2.75) is 26.3 Å². The van der Waals surface area contributed by atoms with Gasteiger partial charge in [-0.2, -0.15) is 5.26 Å². The molecule has 18 heavy (non-hydrogen) atoms. The number of nitrogens with two attached hydrogens (primary N) is 1. The van der Waals surface area contributed by atoms with E-state index in [4.69, 9.17) is 11.0 Å². The summed E-state index contributed by atoms with van der Waals surface area (Å²) in [6.45, 7) is 3.94. The highest BCUT2D eigenvalue weighted by Crippen LogP contribution is 2.15. The smallest absolute Gasteiger partial charge is 0.257 e. The highest BCUT2D eigenvalue weighted by atomic mass is 19.1. The van der Waals surface area contributed by atoms with Crippen LogP contribution in [0.2, 0.25) is 0 Å². The number of hydrogen-bond acceptors (Lipinski definition) is 3. The number of amides is 1. The highest BCUT2D eigenvalue weighted by molar-refractivity contribution is 5.95. The van der Waals surface area contributed by atoms with Crippen LogP contribution in [-0.4, -0.2) is 23.4 Å². The third kappa shape index (κ3) is 3.20. The van der Waals surface area contributed by atoms with E-state index in [0.717, 1.165) is 6.07 Å². The van der Waals surface area contributed by atoms with Crippen LogP contribution >= 0.6 is 0 Å². The van der Waals surface area contributed by atoms with Gasteiger partial charge in [-0.05, 0) is 32.0 Å². The molecule has 0 aliphatic carbocycles. The predicted octanol–water partition coefficient (Wildman–Crippen LogP) is 2.17. The fourth-order valence-corrected chi connectivity index (χ4v) is 1.62. The lowest BCUT2D eigenvalue weighted by atomic mass is 10.1. The summed E-state index contributed by atoms with van der Waals surface area (Å²) < 4.78 is 13.7. The van der Waals surface area contributed by atoms with E-state index in [0.29, 0.717) is 0 Å². The molecule has 5 heteroatoms. The molecule has 0 aromatic heterocycles. The monoisotopic (exact) mass is 249 g/mol. The van der Waals surface area contributed by atoms with E-state index >= 15 is 0 Å². The van der Waals surface area contributed by atoms with Crippen molar-refractivity contribution in [3.05, 3.63) is 29.6 Å². The molecule has 0 spiro atoms. The van der Waals surface area contributed by atoms with Gasteiger partial charge in [-0.1, -0.05) is 0 Å². The maximum absolute atomic E-state index is 13.7. The minimum atomic E-state index is -0.636. The van der Waals surface area contributed by atoms with Crippen LogP contribution in [0, 0.1) is 17.1 Å². The standard InChI is InChI=1S/C13H16FN3O/c1-9(2)17(7-3-6-15)13(18)11-5-4-10(16)8-12(11)14/h4-5,8-9H,3,7,16H2,1-2H3. The largest absolute Gasteiger partial charge is 0.399 e. The molecule has 96 valence electrons. The molecule has 0 radical (unpaired) electrons. The van der Waals surface area contributed by atoms with Crippen molar-refractivity contribution < 1.29 is 9.18 Å². The van der Waals surface area contributed by atoms with E-state index in [2.05, 4.69) is 0 Å². The Morgan fingerprint density at radius 1 is 1.56 bits per heavy atom. The third-order valence-corrected chi connectivity index (χ3v) is 2.57. The Hall–Kier alpha value is -2.09. The minimum absolute atomic E-state index is 0.0177. The molecule has 0 bridgehead atoms. The van der Waals surface area contributed by atoms with Gasteiger partial charge in [-0.3, -0.25) is 4.79 Å². The highest BCUT2D eigenvalue weighted by Gasteiger charge is 2.21. The van der Waals surface area contributed by atoms with Crippen LogP contribution in [0.15, 0.2) is 18.2 Å². The van der Waals surface area contributed by atoms with Gasteiger partial charge in [0.25, 0.3) is 5.91 Å². The molecule has 4 nitrogen and oxygen atoms in total. The van der Waals surface area contributed by atoms with Gasteiger partial charge in [-0.25, -0.2) is 4.39 Å². The number of halogens is 1. The number of nitrogen functional groups attached to an aromatic ring is 1. The Labute approximate surface area is 106 Å². The van der Waals surface area contributed by atoms with E-state index in [-0.39, 0.29) is 30.3 Å². The minimum Gasteiger partial charge on any atom is -0.399 e. The second-order valence-electron chi connectivity index (χ2n) is 4.24. The van der Waals surface area contributed by atoms with E-state index < -0.39 is 11.7 Å². The van der Waals surface area contributed by atoms with Crippen LogP contribution in [0.5, 0.6) is 0 Å². The van der Waals surface area contributed by atoms with Crippen molar-refractivity contribution in [3.63, 3.8) is 0 Å². The first-order chi connectivity index (χ1) is 8.47. The fraction of sp³-hybridized carbons (Fsp3) is 0.385.